The van der Waals surface area contributed by atoms with Gasteiger partial charge in [0.05, 0.1) is 11.0 Å². The van der Waals surface area contributed by atoms with Crippen LogP contribution in [0.4, 0.5) is 5.95 Å². The Morgan fingerprint density at radius 3 is 2.72 bits per heavy atom. The van der Waals surface area contributed by atoms with Crippen molar-refractivity contribution in [1.29, 1.82) is 0 Å². The minimum Gasteiger partial charge on any atom is -0.480 e. The highest BCUT2D eigenvalue weighted by molar-refractivity contribution is 5.81. The minimum absolute atomic E-state index is 0.0765. The number of carboxylic acid groups (broad SMARTS) is 1. The van der Waals surface area contributed by atoms with Gasteiger partial charge in [0.2, 0.25) is 5.95 Å². The first-order chi connectivity index (χ1) is 8.50. The first kappa shape index (κ1) is 12.4. The molecule has 1 aromatic carbocycles. The van der Waals surface area contributed by atoms with Crippen molar-refractivity contribution < 1.29 is 9.90 Å². The summed E-state index contributed by atoms with van der Waals surface area (Å²) in [5, 5.41) is 9.02. The van der Waals surface area contributed by atoms with Gasteiger partial charge in [0, 0.05) is 13.1 Å². The highest BCUT2D eigenvalue weighted by Crippen LogP contribution is 2.22. The lowest BCUT2D eigenvalue weighted by Crippen LogP contribution is -2.29. The third kappa shape index (κ3) is 2.16. The summed E-state index contributed by atoms with van der Waals surface area (Å²) in [7, 11) is 1.92. The summed E-state index contributed by atoms with van der Waals surface area (Å²) in [5.74, 6) is -0.176. The van der Waals surface area contributed by atoms with Gasteiger partial charge in [-0.1, -0.05) is 12.1 Å². The summed E-state index contributed by atoms with van der Waals surface area (Å²) in [6, 6.07) is 7.84. The van der Waals surface area contributed by atoms with E-state index in [2.05, 4.69) is 4.98 Å². The Bertz CT molecular complexity index is 575. The van der Waals surface area contributed by atoms with Crippen molar-refractivity contribution in [3.05, 3.63) is 24.3 Å². The number of rotatable bonds is 4. The summed E-state index contributed by atoms with van der Waals surface area (Å²) >= 11 is 0. The molecule has 5 heteroatoms. The fraction of sp³-hybridized carbons (Fsp3) is 0.385. The number of imidazole rings is 1. The van der Waals surface area contributed by atoms with Crippen molar-refractivity contribution in [2.24, 2.45) is 0 Å². The lowest BCUT2D eigenvalue weighted by molar-refractivity contribution is -0.137. The van der Waals surface area contributed by atoms with E-state index in [9.17, 15) is 4.79 Å². The van der Waals surface area contributed by atoms with E-state index in [4.69, 9.17) is 5.11 Å². The average Bonchev–Trinajstić information content (AvgIpc) is 2.66. The molecule has 0 saturated carbocycles. The Kier molecular flexibility index (Phi) is 3.23. The number of para-hydroxylation sites is 2. The molecular formula is C13H17N3O2. The van der Waals surface area contributed by atoms with Crippen molar-refractivity contribution in [1.82, 2.24) is 9.55 Å². The van der Waals surface area contributed by atoms with Gasteiger partial charge in [0.1, 0.15) is 6.54 Å². The van der Waals surface area contributed by atoms with Crippen LogP contribution in [-0.4, -0.2) is 33.7 Å². The monoisotopic (exact) mass is 247 g/mol. The van der Waals surface area contributed by atoms with Gasteiger partial charge in [-0.2, -0.15) is 0 Å². The van der Waals surface area contributed by atoms with Crippen molar-refractivity contribution in [3.8, 4) is 0 Å². The van der Waals surface area contributed by atoms with Gasteiger partial charge in [0.15, 0.2) is 0 Å². The smallest absolute Gasteiger partial charge is 0.323 e. The van der Waals surface area contributed by atoms with E-state index in [1.54, 1.807) is 4.57 Å². The molecule has 0 saturated heterocycles. The maximum Gasteiger partial charge on any atom is 0.323 e. The predicted octanol–water partition coefficient (Wildman–Crippen LogP) is 1.97. The topological polar surface area (TPSA) is 58.4 Å². The van der Waals surface area contributed by atoms with E-state index < -0.39 is 5.97 Å². The number of carbonyl (C=O) groups is 1. The number of carboxylic acids is 1. The second-order valence-electron chi connectivity index (χ2n) is 4.59. The van der Waals surface area contributed by atoms with Gasteiger partial charge >= 0.3 is 5.97 Å². The van der Waals surface area contributed by atoms with Crippen molar-refractivity contribution >= 4 is 23.0 Å². The molecule has 1 aromatic heterocycles. The van der Waals surface area contributed by atoms with E-state index >= 15 is 0 Å². The number of benzene rings is 1. The summed E-state index contributed by atoms with van der Waals surface area (Å²) in [4.78, 5) is 17.5. The van der Waals surface area contributed by atoms with Gasteiger partial charge in [-0.25, -0.2) is 4.98 Å². The molecule has 0 aliphatic rings. The molecule has 1 heterocycles. The van der Waals surface area contributed by atoms with Crippen LogP contribution >= 0.6 is 0 Å². The molecule has 0 atom stereocenters. The molecule has 18 heavy (non-hydrogen) atoms. The molecule has 0 fully saturated rings. The third-order valence-electron chi connectivity index (χ3n) is 3.02. The fourth-order valence-electron chi connectivity index (χ4n) is 1.85. The van der Waals surface area contributed by atoms with Crippen LogP contribution in [0.1, 0.15) is 13.8 Å². The molecular weight excluding hydrogens is 230 g/mol. The maximum atomic E-state index is 11.0. The van der Waals surface area contributed by atoms with Crippen LogP contribution < -0.4 is 4.90 Å². The fourth-order valence-corrected chi connectivity index (χ4v) is 1.85. The number of hydrogen-bond acceptors (Lipinski definition) is 3. The van der Waals surface area contributed by atoms with Crippen LogP contribution in [0.5, 0.6) is 0 Å². The minimum atomic E-state index is -0.864. The molecule has 0 spiro atoms. The Labute approximate surface area is 106 Å². The standard InChI is InChI=1S/C13H17N3O2/c1-9(2)15(3)13-14-10-6-4-5-7-11(10)16(13)8-12(17)18/h4-7,9H,8H2,1-3H3,(H,17,18). The lowest BCUT2D eigenvalue weighted by Gasteiger charge is -2.23. The van der Waals surface area contributed by atoms with Crippen molar-refractivity contribution in [3.63, 3.8) is 0 Å². The van der Waals surface area contributed by atoms with Crippen LogP contribution in [0.3, 0.4) is 0 Å². The van der Waals surface area contributed by atoms with E-state index in [0.29, 0.717) is 5.95 Å². The zero-order chi connectivity index (χ0) is 13.3. The van der Waals surface area contributed by atoms with Gasteiger partial charge in [-0.05, 0) is 26.0 Å². The number of aliphatic carboxylic acids is 1. The molecule has 0 bridgehead atoms. The molecule has 0 aliphatic carbocycles. The molecule has 0 amide bonds. The highest BCUT2D eigenvalue weighted by atomic mass is 16.4. The maximum absolute atomic E-state index is 11.0. The van der Waals surface area contributed by atoms with Crippen LogP contribution in [0.25, 0.3) is 11.0 Å². The van der Waals surface area contributed by atoms with Crippen molar-refractivity contribution in [2.45, 2.75) is 26.4 Å². The normalized spacial score (nSPS) is 11.1. The van der Waals surface area contributed by atoms with Crippen LogP contribution in [0.15, 0.2) is 24.3 Å². The molecule has 0 aliphatic heterocycles. The van der Waals surface area contributed by atoms with Crippen LogP contribution in [0, 0.1) is 0 Å². The third-order valence-corrected chi connectivity index (χ3v) is 3.02. The molecule has 1 N–H and O–H groups in total. The van der Waals surface area contributed by atoms with E-state index in [1.165, 1.54) is 0 Å². The van der Waals surface area contributed by atoms with E-state index in [1.807, 2.05) is 50.1 Å². The first-order valence-electron chi connectivity index (χ1n) is 5.90. The molecule has 5 nitrogen and oxygen atoms in total. The first-order valence-corrected chi connectivity index (χ1v) is 5.90. The number of hydrogen-bond donors (Lipinski definition) is 1. The van der Waals surface area contributed by atoms with E-state index in [0.717, 1.165) is 11.0 Å². The molecule has 0 unspecified atom stereocenters. The Morgan fingerprint density at radius 1 is 1.44 bits per heavy atom. The lowest BCUT2D eigenvalue weighted by atomic mass is 10.3. The van der Waals surface area contributed by atoms with Gasteiger partial charge < -0.3 is 10.0 Å². The Balaban J connectivity index is 2.60. The zero-order valence-electron chi connectivity index (χ0n) is 10.8. The molecule has 96 valence electrons. The van der Waals surface area contributed by atoms with Crippen molar-refractivity contribution in [2.75, 3.05) is 11.9 Å². The largest absolute Gasteiger partial charge is 0.480 e. The molecule has 2 aromatic rings. The SMILES string of the molecule is CC(C)N(C)c1nc2ccccc2n1CC(=O)O. The zero-order valence-corrected chi connectivity index (χ0v) is 10.8. The van der Waals surface area contributed by atoms with Gasteiger partial charge in [0.25, 0.3) is 0 Å². The molecule has 0 radical (unpaired) electrons. The number of aromatic nitrogens is 2. The average molecular weight is 247 g/mol. The summed E-state index contributed by atoms with van der Waals surface area (Å²) in [6.45, 7) is 4.02. The second-order valence-corrected chi connectivity index (χ2v) is 4.59. The van der Waals surface area contributed by atoms with Gasteiger partial charge in [-0.15, -0.1) is 0 Å². The summed E-state index contributed by atoms with van der Waals surface area (Å²) < 4.78 is 1.73. The van der Waals surface area contributed by atoms with E-state index in [-0.39, 0.29) is 12.6 Å². The molecule has 2 rings (SSSR count). The number of anilines is 1. The Morgan fingerprint density at radius 2 is 2.11 bits per heavy atom. The van der Waals surface area contributed by atoms with Crippen LogP contribution in [-0.2, 0) is 11.3 Å². The highest BCUT2D eigenvalue weighted by Gasteiger charge is 2.17. The summed E-state index contributed by atoms with van der Waals surface area (Å²) in [5.41, 5.74) is 1.67. The Hall–Kier alpha value is -2.04. The predicted molar refractivity (Wildman–Crippen MR) is 70.9 cm³/mol. The quantitative estimate of drug-likeness (QED) is 0.897. The van der Waals surface area contributed by atoms with Gasteiger partial charge in [-0.3, -0.25) is 9.36 Å². The number of nitrogens with zero attached hydrogens (tertiary/aromatic N) is 3. The number of fused-ring (bicyclic) bond motifs is 1. The second kappa shape index (κ2) is 4.68. The summed E-state index contributed by atoms with van der Waals surface area (Å²) in [6.07, 6.45) is 0. The van der Waals surface area contributed by atoms with Crippen LogP contribution in [0.2, 0.25) is 0 Å².